The van der Waals surface area contributed by atoms with Crippen LogP contribution in [0.3, 0.4) is 0 Å². The molecule has 0 aliphatic heterocycles. The maximum atomic E-state index is 12.1. The fourth-order valence-corrected chi connectivity index (χ4v) is 1.05. The van der Waals surface area contributed by atoms with Gasteiger partial charge in [0.1, 0.15) is 11.9 Å². The molecule has 17 heavy (non-hydrogen) atoms. The Bertz CT molecular complexity index is 441. The Morgan fingerprint density at radius 1 is 1.47 bits per heavy atom. The summed E-state index contributed by atoms with van der Waals surface area (Å²) >= 11 is 0. The summed E-state index contributed by atoms with van der Waals surface area (Å²) in [5.41, 5.74) is 10.8. The molecule has 1 aromatic rings. The first-order valence-electron chi connectivity index (χ1n) is 4.46. The Morgan fingerprint density at radius 3 is 2.59 bits per heavy atom. The molecule has 0 aliphatic carbocycles. The van der Waals surface area contributed by atoms with Gasteiger partial charge in [0, 0.05) is 6.07 Å². The monoisotopic (exact) mass is 246 g/mol. The van der Waals surface area contributed by atoms with Crippen LogP contribution in [0.5, 0.6) is 5.75 Å². The highest BCUT2D eigenvalue weighted by Crippen LogP contribution is 2.27. The van der Waals surface area contributed by atoms with E-state index >= 15 is 0 Å². The molecule has 0 saturated heterocycles. The fraction of sp³-hybridized carbons (Fsp3) is 0.333. The minimum absolute atomic E-state index is 0.0277. The number of ether oxygens (including phenoxy) is 1. The molecule has 1 heterocycles. The molecule has 0 amide bonds. The molecule has 8 heteroatoms. The third-order valence-corrected chi connectivity index (χ3v) is 1.75. The Labute approximate surface area is 94.8 Å². The molecule has 5 nitrogen and oxygen atoms in total. The van der Waals surface area contributed by atoms with Crippen molar-refractivity contribution in [3.63, 3.8) is 0 Å². The minimum atomic E-state index is -4.49. The van der Waals surface area contributed by atoms with Crippen molar-refractivity contribution in [3.05, 3.63) is 12.3 Å². The lowest BCUT2D eigenvalue weighted by atomic mass is 10.2. The number of nitriles is 1. The minimum Gasteiger partial charge on any atom is -0.471 e. The van der Waals surface area contributed by atoms with Gasteiger partial charge in [0.25, 0.3) is 0 Å². The van der Waals surface area contributed by atoms with E-state index < -0.39 is 18.7 Å². The first-order chi connectivity index (χ1) is 7.81. The molecular formula is C9H9F3N4O. The molecule has 92 valence electrons. The Hall–Kier alpha value is -2.17. The summed E-state index contributed by atoms with van der Waals surface area (Å²) < 4.78 is 41.0. The van der Waals surface area contributed by atoms with Crippen molar-refractivity contribution < 1.29 is 17.9 Å². The summed E-state index contributed by atoms with van der Waals surface area (Å²) in [6.07, 6.45) is -6.46. The van der Waals surface area contributed by atoms with E-state index in [0.717, 1.165) is 6.20 Å². The van der Waals surface area contributed by atoms with Crippen molar-refractivity contribution in [2.45, 2.75) is 18.7 Å². The second kappa shape index (κ2) is 4.78. The van der Waals surface area contributed by atoms with Gasteiger partial charge in [-0.2, -0.15) is 18.4 Å². The number of rotatable bonds is 3. The van der Waals surface area contributed by atoms with Gasteiger partial charge in [0.2, 0.25) is 0 Å². The highest BCUT2D eigenvalue weighted by atomic mass is 19.4. The van der Waals surface area contributed by atoms with Crippen LogP contribution in [0.25, 0.3) is 0 Å². The van der Waals surface area contributed by atoms with E-state index in [1.165, 1.54) is 12.1 Å². The Balaban J connectivity index is 2.78. The number of aromatic nitrogens is 1. The second-order valence-corrected chi connectivity index (χ2v) is 3.20. The van der Waals surface area contributed by atoms with Crippen molar-refractivity contribution in [2.24, 2.45) is 0 Å². The topological polar surface area (TPSA) is 97.9 Å². The number of pyridine rings is 1. The molecule has 0 spiro atoms. The summed E-state index contributed by atoms with van der Waals surface area (Å²) in [6, 6.07) is 2.63. The quantitative estimate of drug-likeness (QED) is 0.841. The van der Waals surface area contributed by atoms with Crippen LogP contribution >= 0.6 is 0 Å². The molecule has 0 saturated carbocycles. The molecule has 1 aromatic heterocycles. The van der Waals surface area contributed by atoms with Gasteiger partial charge < -0.3 is 16.2 Å². The van der Waals surface area contributed by atoms with Gasteiger partial charge >= 0.3 is 6.18 Å². The highest BCUT2D eigenvalue weighted by Gasteiger charge is 2.33. The first kappa shape index (κ1) is 12.9. The van der Waals surface area contributed by atoms with E-state index in [-0.39, 0.29) is 17.3 Å². The number of hydrogen-bond donors (Lipinski definition) is 2. The zero-order valence-electron chi connectivity index (χ0n) is 8.53. The van der Waals surface area contributed by atoms with Crippen molar-refractivity contribution >= 4 is 11.5 Å². The molecule has 1 unspecified atom stereocenters. The van der Waals surface area contributed by atoms with Crippen molar-refractivity contribution in [2.75, 3.05) is 11.5 Å². The molecule has 0 aromatic carbocycles. The maximum Gasteiger partial charge on any atom is 0.393 e. The third-order valence-electron chi connectivity index (χ3n) is 1.75. The molecule has 1 atom stereocenters. The summed E-state index contributed by atoms with van der Waals surface area (Å²) in [7, 11) is 0. The van der Waals surface area contributed by atoms with E-state index in [0.29, 0.717) is 0 Å². The lowest BCUT2D eigenvalue weighted by molar-refractivity contribution is -0.145. The normalized spacial score (nSPS) is 12.8. The SMILES string of the molecule is N#CC(CC(F)(F)F)Oc1cnc(N)cc1N. The van der Waals surface area contributed by atoms with E-state index in [1.54, 1.807) is 0 Å². The van der Waals surface area contributed by atoms with E-state index in [4.69, 9.17) is 21.5 Å². The predicted molar refractivity (Wildman–Crippen MR) is 53.8 cm³/mol. The van der Waals surface area contributed by atoms with Crippen LogP contribution in [-0.2, 0) is 0 Å². The molecule has 4 N–H and O–H groups in total. The fourth-order valence-electron chi connectivity index (χ4n) is 1.05. The highest BCUT2D eigenvalue weighted by molar-refractivity contribution is 5.56. The summed E-state index contributed by atoms with van der Waals surface area (Å²) in [5.74, 6) is 0.00850. The number of halogens is 3. The van der Waals surface area contributed by atoms with Crippen molar-refractivity contribution in [3.8, 4) is 11.8 Å². The molecule has 0 aliphatic rings. The van der Waals surface area contributed by atoms with Gasteiger partial charge in [0.15, 0.2) is 11.9 Å². The largest absolute Gasteiger partial charge is 0.471 e. The molecule has 0 radical (unpaired) electrons. The molecular weight excluding hydrogens is 237 g/mol. The van der Waals surface area contributed by atoms with Gasteiger partial charge in [0.05, 0.1) is 18.3 Å². The number of hydrogen-bond acceptors (Lipinski definition) is 5. The van der Waals surface area contributed by atoms with Crippen LogP contribution in [0.1, 0.15) is 6.42 Å². The van der Waals surface area contributed by atoms with E-state index in [9.17, 15) is 13.2 Å². The van der Waals surface area contributed by atoms with Crippen LogP contribution in [0, 0.1) is 11.3 Å². The van der Waals surface area contributed by atoms with Crippen LogP contribution in [0.15, 0.2) is 12.3 Å². The van der Waals surface area contributed by atoms with Gasteiger partial charge in [-0.1, -0.05) is 0 Å². The Morgan fingerprint density at radius 2 is 2.12 bits per heavy atom. The lowest BCUT2D eigenvalue weighted by Gasteiger charge is -2.15. The van der Waals surface area contributed by atoms with Gasteiger partial charge in [-0.15, -0.1) is 0 Å². The smallest absolute Gasteiger partial charge is 0.393 e. The lowest BCUT2D eigenvalue weighted by Crippen LogP contribution is -2.23. The average Bonchev–Trinajstić information content (AvgIpc) is 2.19. The third kappa shape index (κ3) is 4.06. The number of nitrogens with two attached hydrogens (primary N) is 2. The van der Waals surface area contributed by atoms with Gasteiger partial charge in [-0.25, -0.2) is 4.98 Å². The Kier molecular flexibility index (Phi) is 3.62. The molecule has 0 bridgehead atoms. The summed E-state index contributed by atoms with van der Waals surface area (Å²) in [5, 5.41) is 8.54. The molecule has 0 fully saturated rings. The number of nitrogen functional groups attached to an aromatic ring is 2. The van der Waals surface area contributed by atoms with Crippen LogP contribution in [0.4, 0.5) is 24.7 Å². The number of anilines is 2. The van der Waals surface area contributed by atoms with Gasteiger partial charge in [-0.05, 0) is 0 Å². The zero-order valence-corrected chi connectivity index (χ0v) is 8.53. The van der Waals surface area contributed by atoms with Gasteiger partial charge in [-0.3, -0.25) is 0 Å². The standard InChI is InChI=1S/C9H9F3N4O/c10-9(11,12)2-5(3-13)17-7-4-16-8(15)1-6(7)14/h1,4-5H,2H2,(H4,14,15,16). The van der Waals surface area contributed by atoms with Crippen LogP contribution in [0.2, 0.25) is 0 Å². The zero-order chi connectivity index (χ0) is 13.1. The summed E-state index contributed by atoms with van der Waals surface area (Å²) in [6.45, 7) is 0. The predicted octanol–water partition coefficient (Wildman–Crippen LogP) is 1.47. The van der Waals surface area contributed by atoms with E-state index in [1.807, 2.05) is 0 Å². The van der Waals surface area contributed by atoms with Crippen LogP contribution in [-0.4, -0.2) is 17.3 Å². The van der Waals surface area contributed by atoms with Crippen molar-refractivity contribution in [1.29, 1.82) is 5.26 Å². The number of alkyl halides is 3. The summed E-state index contributed by atoms with van der Waals surface area (Å²) in [4.78, 5) is 3.61. The maximum absolute atomic E-state index is 12.1. The van der Waals surface area contributed by atoms with Crippen molar-refractivity contribution in [1.82, 2.24) is 4.98 Å². The average molecular weight is 246 g/mol. The molecule has 1 rings (SSSR count). The second-order valence-electron chi connectivity index (χ2n) is 3.20. The number of nitrogens with zero attached hydrogens (tertiary/aromatic N) is 2. The van der Waals surface area contributed by atoms with Crippen LogP contribution < -0.4 is 16.2 Å². The first-order valence-corrected chi connectivity index (χ1v) is 4.46. The van der Waals surface area contributed by atoms with E-state index in [2.05, 4.69) is 4.98 Å².